The van der Waals surface area contributed by atoms with Gasteiger partial charge >= 0.3 is 0 Å². The molecule has 1 saturated carbocycles. The number of benzene rings is 1. The number of non-ortho nitro benzene ring substituents is 1. The largest absolute Gasteiger partial charge is 0.327 e. The highest BCUT2D eigenvalue weighted by Gasteiger charge is 2.20. The highest BCUT2D eigenvalue weighted by Crippen LogP contribution is 2.26. The van der Waals surface area contributed by atoms with Crippen molar-refractivity contribution in [2.24, 2.45) is 11.7 Å². The lowest BCUT2D eigenvalue weighted by Gasteiger charge is -2.21. The zero-order valence-electron chi connectivity index (χ0n) is 11.3. The minimum Gasteiger partial charge on any atom is -0.327 e. The molecule has 19 heavy (non-hydrogen) atoms. The SMILES string of the molecule is NC1CCCCCC1CCc1ccc([N+](=O)[O-])cc1. The molecular weight excluding hydrogens is 240 g/mol. The van der Waals surface area contributed by atoms with Crippen LogP contribution in [0.5, 0.6) is 0 Å². The maximum atomic E-state index is 10.6. The van der Waals surface area contributed by atoms with E-state index < -0.39 is 0 Å². The molecule has 0 bridgehead atoms. The third kappa shape index (κ3) is 4.03. The molecule has 2 atom stereocenters. The summed E-state index contributed by atoms with van der Waals surface area (Å²) in [5.74, 6) is 0.609. The van der Waals surface area contributed by atoms with Gasteiger partial charge in [0.25, 0.3) is 5.69 Å². The second-order valence-corrected chi connectivity index (χ2v) is 5.52. The Bertz CT molecular complexity index is 417. The summed E-state index contributed by atoms with van der Waals surface area (Å²) in [5, 5.41) is 10.6. The van der Waals surface area contributed by atoms with Crippen molar-refractivity contribution >= 4 is 5.69 Å². The third-order valence-electron chi connectivity index (χ3n) is 4.17. The summed E-state index contributed by atoms with van der Waals surface area (Å²) in [4.78, 5) is 10.2. The number of nitro benzene ring substituents is 1. The Morgan fingerprint density at radius 2 is 1.84 bits per heavy atom. The highest BCUT2D eigenvalue weighted by molar-refractivity contribution is 5.32. The molecular formula is C15H22N2O2. The molecule has 1 aliphatic carbocycles. The van der Waals surface area contributed by atoms with Gasteiger partial charge in [-0.1, -0.05) is 31.4 Å². The normalized spacial score (nSPS) is 23.8. The van der Waals surface area contributed by atoms with Gasteiger partial charge in [0.15, 0.2) is 0 Å². The van der Waals surface area contributed by atoms with Crippen LogP contribution in [0, 0.1) is 16.0 Å². The minimum absolute atomic E-state index is 0.162. The number of aryl methyl sites for hydroxylation is 1. The number of rotatable bonds is 4. The molecule has 1 aliphatic rings. The van der Waals surface area contributed by atoms with E-state index in [1.165, 1.54) is 31.2 Å². The lowest BCUT2D eigenvalue weighted by molar-refractivity contribution is -0.384. The first-order valence-corrected chi connectivity index (χ1v) is 7.16. The van der Waals surface area contributed by atoms with Gasteiger partial charge in [-0.25, -0.2) is 0 Å². The first-order valence-electron chi connectivity index (χ1n) is 7.16. The van der Waals surface area contributed by atoms with Crippen LogP contribution in [0.3, 0.4) is 0 Å². The predicted molar refractivity (Wildman–Crippen MR) is 76.0 cm³/mol. The molecule has 0 amide bonds. The smallest absolute Gasteiger partial charge is 0.269 e. The second-order valence-electron chi connectivity index (χ2n) is 5.52. The average molecular weight is 262 g/mol. The van der Waals surface area contributed by atoms with Crippen molar-refractivity contribution in [3.8, 4) is 0 Å². The van der Waals surface area contributed by atoms with Gasteiger partial charge in [-0.15, -0.1) is 0 Å². The molecule has 104 valence electrons. The van der Waals surface area contributed by atoms with Gasteiger partial charge < -0.3 is 5.73 Å². The Morgan fingerprint density at radius 3 is 2.53 bits per heavy atom. The predicted octanol–water partition coefficient (Wildman–Crippen LogP) is 3.44. The standard InChI is InChI=1S/C15H22N2O2/c16-15-5-3-1-2-4-13(15)9-6-12-7-10-14(11-8-12)17(18)19/h7-8,10-11,13,15H,1-6,9,16H2. The summed E-state index contributed by atoms with van der Waals surface area (Å²) in [7, 11) is 0. The Labute approximate surface area is 114 Å². The maximum Gasteiger partial charge on any atom is 0.269 e. The molecule has 0 aliphatic heterocycles. The molecule has 4 nitrogen and oxygen atoms in total. The van der Waals surface area contributed by atoms with Crippen molar-refractivity contribution in [2.45, 2.75) is 51.0 Å². The number of hydrogen-bond donors (Lipinski definition) is 1. The summed E-state index contributed by atoms with van der Waals surface area (Å²) in [6, 6.07) is 7.23. The Kier molecular flexibility index (Phi) is 4.91. The van der Waals surface area contributed by atoms with Gasteiger partial charge in [-0.05, 0) is 37.2 Å². The van der Waals surface area contributed by atoms with Gasteiger partial charge in [-0.2, -0.15) is 0 Å². The number of hydrogen-bond acceptors (Lipinski definition) is 3. The fourth-order valence-electron chi connectivity index (χ4n) is 2.91. The van der Waals surface area contributed by atoms with E-state index in [-0.39, 0.29) is 10.6 Å². The molecule has 2 N–H and O–H groups in total. The molecule has 1 aromatic carbocycles. The Morgan fingerprint density at radius 1 is 1.16 bits per heavy atom. The topological polar surface area (TPSA) is 69.2 Å². The van der Waals surface area contributed by atoms with Crippen molar-refractivity contribution < 1.29 is 4.92 Å². The minimum atomic E-state index is -0.356. The molecule has 1 fully saturated rings. The Balaban J connectivity index is 1.88. The first kappa shape index (κ1) is 14.0. The van der Waals surface area contributed by atoms with E-state index >= 15 is 0 Å². The van der Waals surface area contributed by atoms with Crippen molar-refractivity contribution in [2.75, 3.05) is 0 Å². The fraction of sp³-hybridized carbons (Fsp3) is 0.600. The molecule has 0 heterocycles. The first-order chi connectivity index (χ1) is 9.16. The average Bonchev–Trinajstić information content (AvgIpc) is 2.61. The van der Waals surface area contributed by atoms with Crippen LogP contribution in [0.4, 0.5) is 5.69 Å². The molecule has 0 aromatic heterocycles. The lowest BCUT2D eigenvalue weighted by atomic mass is 9.89. The van der Waals surface area contributed by atoms with Gasteiger partial charge in [0, 0.05) is 18.2 Å². The molecule has 1 aromatic rings. The monoisotopic (exact) mass is 262 g/mol. The van der Waals surface area contributed by atoms with Crippen LogP contribution in [-0.4, -0.2) is 11.0 Å². The number of nitro groups is 1. The van der Waals surface area contributed by atoms with E-state index in [4.69, 9.17) is 5.73 Å². The van der Waals surface area contributed by atoms with Crippen molar-refractivity contribution in [3.05, 3.63) is 39.9 Å². The lowest BCUT2D eigenvalue weighted by Crippen LogP contribution is -2.29. The number of nitrogens with zero attached hydrogens (tertiary/aromatic N) is 1. The zero-order chi connectivity index (χ0) is 13.7. The maximum absolute atomic E-state index is 10.6. The van der Waals surface area contributed by atoms with Crippen LogP contribution in [0.25, 0.3) is 0 Å². The van der Waals surface area contributed by atoms with Crippen LogP contribution in [0.15, 0.2) is 24.3 Å². The van der Waals surface area contributed by atoms with Gasteiger partial charge in [0.1, 0.15) is 0 Å². The summed E-state index contributed by atoms with van der Waals surface area (Å²) < 4.78 is 0. The summed E-state index contributed by atoms with van der Waals surface area (Å²) in [5.41, 5.74) is 7.55. The van der Waals surface area contributed by atoms with E-state index in [0.717, 1.165) is 19.3 Å². The van der Waals surface area contributed by atoms with Crippen molar-refractivity contribution in [1.82, 2.24) is 0 Å². The van der Waals surface area contributed by atoms with Gasteiger partial charge in [-0.3, -0.25) is 10.1 Å². The van der Waals surface area contributed by atoms with Crippen LogP contribution >= 0.6 is 0 Å². The van der Waals surface area contributed by atoms with E-state index in [9.17, 15) is 10.1 Å². The number of nitrogens with two attached hydrogens (primary N) is 1. The van der Waals surface area contributed by atoms with E-state index in [1.54, 1.807) is 12.1 Å². The van der Waals surface area contributed by atoms with Gasteiger partial charge in [0.2, 0.25) is 0 Å². The van der Waals surface area contributed by atoms with E-state index in [0.29, 0.717) is 12.0 Å². The summed E-state index contributed by atoms with van der Waals surface area (Å²) in [6.07, 6.45) is 8.30. The summed E-state index contributed by atoms with van der Waals surface area (Å²) >= 11 is 0. The van der Waals surface area contributed by atoms with Crippen LogP contribution < -0.4 is 5.73 Å². The molecule has 0 radical (unpaired) electrons. The molecule has 4 heteroatoms. The van der Waals surface area contributed by atoms with Crippen LogP contribution in [-0.2, 0) is 6.42 Å². The molecule has 0 saturated heterocycles. The fourth-order valence-corrected chi connectivity index (χ4v) is 2.91. The van der Waals surface area contributed by atoms with Crippen LogP contribution in [0.2, 0.25) is 0 Å². The summed E-state index contributed by atoms with van der Waals surface area (Å²) in [6.45, 7) is 0. The van der Waals surface area contributed by atoms with Crippen molar-refractivity contribution in [3.63, 3.8) is 0 Å². The zero-order valence-corrected chi connectivity index (χ0v) is 11.3. The Hall–Kier alpha value is -1.42. The van der Waals surface area contributed by atoms with Crippen LogP contribution in [0.1, 0.15) is 44.1 Å². The quantitative estimate of drug-likeness (QED) is 0.513. The molecule has 0 spiro atoms. The molecule has 2 rings (SSSR count). The third-order valence-corrected chi connectivity index (χ3v) is 4.17. The van der Waals surface area contributed by atoms with E-state index in [1.807, 2.05) is 12.1 Å². The second kappa shape index (κ2) is 6.66. The van der Waals surface area contributed by atoms with E-state index in [2.05, 4.69) is 0 Å². The highest BCUT2D eigenvalue weighted by atomic mass is 16.6. The molecule has 2 unspecified atom stereocenters. The van der Waals surface area contributed by atoms with Crippen molar-refractivity contribution in [1.29, 1.82) is 0 Å². The van der Waals surface area contributed by atoms with Gasteiger partial charge in [0.05, 0.1) is 4.92 Å².